The number of hydrogen-bond donors (Lipinski definition) is 2. The van der Waals surface area contributed by atoms with Gasteiger partial charge in [0.2, 0.25) is 0 Å². The Kier molecular flexibility index (Phi) is 9.17. The van der Waals surface area contributed by atoms with Crippen LogP contribution in [0, 0.1) is 11.6 Å². The molecule has 180 valence electrons. The zero-order valence-electron chi connectivity index (χ0n) is 18.6. The molecule has 2 aromatic carbocycles. The van der Waals surface area contributed by atoms with E-state index in [-0.39, 0.29) is 23.7 Å². The molecule has 6 nitrogen and oxygen atoms in total. The van der Waals surface area contributed by atoms with E-state index in [9.17, 15) is 17.8 Å². The van der Waals surface area contributed by atoms with E-state index in [0.29, 0.717) is 15.1 Å². The average molecular weight is 569 g/mol. The van der Waals surface area contributed by atoms with Crippen molar-refractivity contribution in [3.8, 4) is 0 Å². The van der Waals surface area contributed by atoms with E-state index < -0.39 is 28.5 Å². The highest BCUT2D eigenvalue weighted by molar-refractivity contribution is 9.10. The van der Waals surface area contributed by atoms with Gasteiger partial charge in [-0.15, -0.1) is 0 Å². The summed E-state index contributed by atoms with van der Waals surface area (Å²) in [6.45, 7) is 3.95. The van der Waals surface area contributed by atoms with Gasteiger partial charge < -0.3 is 9.62 Å². The van der Waals surface area contributed by atoms with Crippen molar-refractivity contribution < 1.29 is 17.8 Å². The summed E-state index contributed by atoms with van der Waals surface area (Å²) in [5, 5.41) is 0. The Morgan fingerprint density at radius 2 is 2.03 bits per heavy atom. The third kappa shape index (κ3) is 6.01. The number of carbonyl (C=O) groups is 1. The largest absolute Gasteiger partial charge is 0.337 e. The van der Waals surface area contributed by atoms with E-state index in [2.05, 4.69) is 29.8 Å². The molecule has 2 atom stereocenters. The lowest BCUT2D eigenvalue weighted by Crippen LogP contribution is -2.34. The summed E-state index contributed by atoms with van der Waals surface area (Å²) in [5.41, 5.74) is 1.58. The molecule has 0 saturated carbocycles. The first-order valence-corrected chi connectivity index (χ1v) is 13.1. The second kappa shape index (κ2) is 11.9. The van der Waals surface area contributed by atoms with Crippen molar-refractivity contribution in [2.45, 2.75) is 26.4 Å². The molecule has 4 rings (SSSR count). The van der Waals surface area contributed by atoms with Crippen LogP contribution in [0.15, 0.2) is 68.4 Å². The number of fused-ring (bicyclic) bond motifs is 1. The number of allylic oxidation sites excluding steroid dienone is 2. The standard InChI is InChI=1S/C21H17BrF2N4O2S2.C2H6/c1-28(11-12-5-7-14(23)10-16(12)24)21(29)15-8-6-13(22)9-18(15)27-32(30)19-4-2-3-17-20(19)26-31-25-17;1-2/h2-10,20,26-27H,11H2,1H3;1-2H3. The summed E-state index contributed by atoms with van der Waals surface area (Å²) >= 11 is 4.56. The molecule has 0 spiro atoms. The average Bonchev–Trinajstić information content (AvgIpc) is 3.31. The number of nitrogens with zero attached hydrogens (tertiary/aromatic N) is 2. The van der Waals surface area contributed by atoms with Gasteiger partial charge in [-0.05, 0) is 36.4 Å². The smallest absolute Gasteiger partial charge is 0.256 e. The summed E-state index contributed by atoms with van der Waals surface area (Å²) < 4.78 is 51.2. The normalized spacial score (nSPS) is 17.1. The highest BCUT2D eigenvalue weighted by Gasteiger charge is 2.30. The quantitative estimate of drug-likeness (QED) is 0.449. The highest BCUT2D eigenvalue weighted by atomic mass is 79.9. The van der Waals surface area contributed by atoms with Crippen LogP contribution in [0.4, 0.5) is 14.5 Å². The molecule has 0 radical (unpaired) electrons. The van der Waals surface area contributed by atoms with Crippen molar-refractivity contribution in [3.63, 3.8) is 0 Å². The molecule has 1 amide bonds. The lowest BCUT2D eigenvalue weighted by Gasteiger charge is -2.22. The maximum Gasteiger partial charge on any atom is 0.256 e. The maximum atomic E-state index is 14.0. The Morgan fingerprint density at radius 3 is 2.76 bits per heavy atom. The van der Waals surface area contributed by atoms with Gasteiger partial charge >= 0.3 is 0 Å². The minimum Gasteiger partial charge on any atom is -0.337 e. The second-order valence-electron chi connectivity index (χ2n) is 7.04. The fourth-order valence-electron chi connectivity index (χ4n) is 3.21. The van der Waals surface area contributed by atoms with Crippen LogP contribution < -0.4 is 9.44 Å². The minimum absolute atomic E-state index is 0.0530. The van der Waals surface area contributed by atoms with E-state index in [4.69, 9.17) is 0 Å². The van der Waals surface area contributed by atoms with Crippen LogP contribution in [0.1, 0.15) is 29.8 Å². The molecular formula is C23H23BrF2N4O2S2. The SMILES string of the molecule is CC.CN(Cc1ccc(F)cc1F)C(=O)c1ccc(Br)cc1NS(=O)C1=CC=CC2=NSNC12. The van der Waals surface area contributed by atoms with Crippen LogP contribution in [-0.4, -0.2) is 33.8 Å². The Labute approximate surface area is 212 Å². The number of rotatable bonds is 6. The molecule has 0 bridgehead atoms. The van der Waals surface area contributed by atoms with Crippen LogP contribution >= 0.6 is 28.1 Å². The van der Waals surface area contributed by atoms with E-state index in [0.717, 1.165) is 17.8 Å². The van der Waals surface area contributed by atoms with Crippen molar-refractivity contribution in [2.75, 3.05) is 11.8 Å². The topological polar surface area (TPSA) is 73.8 Å². The first-order chi connectivity index (χ1) is 16.3. The summed E-state index contributed by atoms with van der Waals surface area (Å²) in [4.78, 5) is 15.0. The number of benzene rings is 2. The third-order valence-corrected chi connectivity index (χ3v) is 7.17. The van der Waals surface area contributed by atoms with E-state index in [1.165, 1.54) is 30.1 Å². The number of amides is 1. The summed E-state index contributed by atoms with van der Waals surface area (Å²) in [6, 6.07) is 7.88. The monoisotopic (exact) mass is 568 g/mol. The molecule has 1 aliphatic carbocycles. The van der Waals surface area contributed by atoms with Crippen molar-refractivity contribution in [1.29, 1.82) is 0 Å². The van der Waals surface area contributed by atoms with Gasteiger partial charge in [-0.3, -0.25) is 4.79 Å². The van der Waals surface area contributed by atoms with E-state index in [1.54, 1.807) is 30.4 Å². The van der Waals surface area contributed by atoms with E-state index in [1.807, 2.05) is 19.9 Å². The van der Waals surface area contributed by atoms with Gasteiger partial charge in [0.15, 0.2) is 0 Å². The van der Waals surface area contributed by atoms with Crippen molar-refractivity contribution in [3.05, 3.63) is 86.8 Å². The number of nitrogens with one attached hydrogen (secondary N) is 2. The second-order valence-corrected chi connectivity index (χ2v) is 9.77. The van der Waals surface area contributed by atoms with Crippen LogP contribution in [0.3, 0.4) is 0 Å². The molecule has 2 aliphatic rings. The van der Waals surface area contributed by atoms with Gasteiger partial charge in [-0.2, -0.15) is 0 Å². The number of halogens is 3. The Balaban J connectivity index is 0.00000158. The van der Waals surface area contributed by atoms with Gasteiger partial charge in [-0.1, -0.05) is 41.9 Å². The van der Waals surface area contributed by atoms with Crippen LogP contribution in [0.5, 0.6) is 0 Å². The van der Waals surface area contributed by atoms with Crippen LogP contribution in [-0.2, 0) is 17.5 Å². The Hall–Kier alpha value is -2.34. The predicted molar refractivity (Wildman–Crippen MR) is 139 cm³/mol. The molecule has 0 aromatic heterocycles. The molecule has 11 heteroatoms. The molecule has 0 saturated heterocycles. The van der Waals surface area contributed by atoms with Gasteiger partial charge in [0, 0.05) is 29.7 Å². The fraction of sp³-hybridized carbons (Fsp3) is 0.217. The number of anilines is 1. The lowest BCUT2D eigenvalue weighted by atomic mass is 10.1. The molecular weight excluding hydrogens is 546 g/mol. The number of carbonyl (C=O) groups excluding carboxylic acids is 1. The van der Waals surface area contributed by atoms with Crippen molar-refractivity contribution in [2.24, 2.45) is 4.40 Å². The summed E-state index contributed by atoms with van der Waals surface area (Å²) in [7, 11) is -0.132. The molecule has 2 aromatic rings. The lowest BCUT2D eigenvalue weighted by molar-refractivity contribution is 0.0785. The zero-order chi connectivity index (χ0) is 24.8. The summed E-state index contributed by atoms with van der Waals surface area (Å²) in [6.07, 6.45) is 5.36. The highest BCUT2D eigenvalue weighted by Crippen LogP contribution is 2.28. The fourth-order valence-corrected chi connectivity index (χ4v) is 5.41. The summed E-state index contributed by atoms with van der Waals surface area (Å²) in [5.74, 6) is -1.82. The molecule has 1 heterocycles. The van der Waals surface area contributed by atoms with Crippen LogP contribution in [0.2, 0.25) is 0 Å². The van der Waals surface area contributed by atoms with Crippen molar-refractivity contribution in [1.82, 2.24) is 9.62 Å². The third-order valence-electron chi connectivity index (χ3n) is 4.83. The molecule has 2 N–H and O–H groups in total. The molecule has 34 heavy (non-hydrogen) atoms. The van der Waals surface area contributed by atoms with Gasteiger partial charge in [0.25, 0.3) is 5.91 Å². The van der Waals surface area contributed by atoms with Gasteiger partial charge in [-0.25, -0.2) is 22.1 Å². The first kappa shape index (κ1) is 26.3. The van der Waals surface area contributed by atoms with Gasteiger partial charge in [0.1, 0.15) is 22.6 Å². The molecule has 0 fully saturated rings. The molecule has 1 aliphatic heterocycles. The van der Waals surface area contributed by atoms with Crippen molar-refractivity contribution >= 4 is 56.4 Å². The maximum absolute atomic E-state index is 14.0. The minimum atomic E-state index is -1.65. The van der Waals surface area contributed by atoms with Crippen LogP contribution in [0.25, 0.3) is 0 Å². The first-order valence-electron chi connectivity index (χ1n) is 10.4. The number of hydrogen-bond acceptors (Lipinski definition) is 5. The predicted octanol–water partition coefficient (Wildman–Crippen LogP) is 5.53. The zero-order valence-corrected chi connectivity index (χ0v) is 21.9. The molecule has 2 unspecified atom stereocenters. The van der Waals surface area contributed by atoms with E-state index >= 15 is 0 Å². The van der Waals surface area contributed by atoms with Gasteiger partial charge in [0.05, 0.1) is 40.0 Å². The Morgan fingerprint density at radius 1 is 1.26 bits per heavy atom. The Bertz CT molecular complexity index is 1200.